The van der Waals surface area contributed by atoms with Gasteiger partial charge in [0.15, 0.2) is 11.5 Å². The molecule has 1 amide bonds. The number of allylic oxidation sites excluding steroid dienone is 1. The lowest BCUT2D eigenvalue weighted by atomic mass is 10.0. The van der Waals surface area contributed by atoms with Crippen molar-refractivity contribution in [2.24, 2.45) is 0 Å². The van der Waals surface area contributed by atoms with Crippen molar-refractivity contribution in [1.82, 2.24) is 20.1 Å². The minimum Gasteiger partial charge on any atom is -0.493 e. The number of fused-ring (bicyclic) bond motifs is 1. The van der Waals surface area contributed by atoms with Gasteiger partial charge in [-0.2, -0.15) is 0 Å². The van der Waals surface area contributed by atoms with Gasteiger partial charge in [0.2, 0.25) is 0 Å². The molecule has 1 aliphatic rings. The molecular formula is C21H28N4O3. The number of rotatable bonds is 8. The van der Waals surface area contributed by atoms with Crippen LogP contribution in [0.25, 0.3) is 0 Å². The molecule has 7 nitrogen and oxygen atoms in total. The molecule has 2 aromatic rings. The van der Waals surface area contributed by atoms with E-state index in [0.717, 1.165) is 36.6 Å². The van der Waals surface area contributed by atoms with Gasteiger partial charge >= 0.3 is 0 Å². The Balaban J connectivity index is 1.67. The summed E-state index contributed by atoms with van der Waals surface area (Å²) in [4.78, 5) is 12.7. The van der Waals surface area contributed by atoms with Gasteiger partial charge in [0.1, 0.15) is 11.6 Å². The maximum absolute atomic E-state index is 12.7. The fourth-order valence-electron chi connectivity index (χ4n) is 3.60. The van der Waals surface area contributed by atoms with E-state index in [9.17, 15) is 4.79 Å². The smallest absolute Gasteiger partial charge is 0.251 e. The Kier molecular flexibility index (Phi) is 6.68. The summed E-state index contributed by atoms with van der Waals surface area (Å²) >= 11 is 0. The molecule has 0 unspecified atom stereocenters. The molecule has 0 aliphatic carbocycles. The number of aromatic nitrogens is 3. The number of nitrogens with zero attached hydrogens (tertiary/aromatic N) is 3. The highest BCUT2D eigenvalue weighted by molar-refractivity contribution is 5.95. The van der Waals surface area contributed by atoms with Gasteiger partial charge < -0.3 is 19.4 Å². The first-order chi connectivity index (χ1) is 13.7. The lowest BCUT2D eigenvalue weighted by Crippen LogP contribution is -2.26. The number of amides is 1. The zero-order chi connectivity index (χ0) is 19.9. The Morgan fingerprint density at radius 1 is 1.25 bits per heavy atom. The normalized spacial score (nSPS) is 13.4. The molecule has 2 heterocycles. The number of hydrogen-bond acceptors (Lipinski definition) is 5. The Bertz CT molecular complexity index is 844. The quantitative estimate of drug-likeness (QED) is 0.708. The van der Waals surface area contributed by atoms with Gasteiger partial charge in [-0.05, 0) is 31.4 Å². The first-order valence-electron chi connectivity index (χ1n) is 9.72. The van der Waals surface area contributed by atoms with Crippen molar-refractivity contribution in [3.8, 4) is 11.5 Å². The second-order valence-electron chi connectivity index (χ2n) is 6.86. The van der Waals surface area contributed by atoms with Crippen LogP contribution in [-0.2, 0) is 25.8 Å². The molecule has 1 aliphatic heterocycles. The van der Waals surface area contributed by atoms with E-state index in [1.54, 1.807) is 26.4 Å². The number of carbonyl (C=O) groups is 1. The van der Waals surface area contributed by atoms with E-state index in [0.29, 0.717) is 36.4 Å². The Hall–Kier alpha value is -2.83. The molecule has 28 heavy (non-hydrogen) atoms. The van der Waals surface area contributed by atoms with E-state index < -0.39 is 0 Å². The summed E-state index contributed by atoms with van der Waals surface area (Å²) in [6.07, 6.45) is 7.56. The lowest BCUT2D eigenvalue weighted by molar-refractivity contribution is 0.0953. The Morgan fingerprint density at radius 2 is 2.11 bits per heavy atom. The molecule has 1 aromatic heterocycles. The molecule has 0 saturated heterocycles. The third-order valence-corrected chi connectivity index (χ3v) is 5.00. The summed E-state index contributed by atoms with van der Waals surface area (Å²) in [6.45, 7) is 5.24. The molecule has 0 radical (unpaired) electrons. The van der Waals surface area contributed by atoms with Gasteiger partial charge in [0, 0.05) is 37.1 Å². The number of carbonyl (C=O) groups excluding carboxylic acids is 1. The van der Waals surface area contributed by atoms with Crippen LogP contribution >= 0.6 is 0 Å². The summed E-state index contributed by atoms with van der Waals surface area (Å²) in [6, 6.07) is 3.52. The molecule has 0 saturated carbocycles. The lowest BCUT2D eigenvalue weighted by Gasteiger charge is -2.14. The average molecular weight is 384 g/mol. The van der Waals surface area contributed by atoms with Gasteiger partial charge in [-0.25, -0.2) is 0 Å². The predicted molar refractivity (Wildman–Crippen MR) is 107 cm³/mol. The van der Waals surface area contributed by atoms with Crippen LogP contribution in [0.4, 0.5) is 0 Å². The first-order valence-corrected chi connectivity index (χ1v) is 9.72. The summed E-state index contributed by atoms with van der Waals surface area (Å²) in [5.74, 6) is 3.02. The van der Waals surface area contributed by atoms with Crippen LogP contribution in [-0.4, -0.2) is 41.4 Å². The van der Waals surface area contributed by atoms with Crippen molar-refractivity contribution in [2.75, 3.05) is 20.8 Å². The van der Waals surface area contributed by atoms with E-state index in [1.165, 1.54) is 12.8 Å². The predicted octanol–water partition coefficient (Wildman–Crippen LogP) is 2.72. The van der Waals surface area contributed by atoms with Gasteiger partial charge in [-0.1, -0.05) is 12.5 Å². The molecule has 150 valence electrons. The Labute approximate surface area is 165 Å². The van der Waals surface area contributed by atoms with Crippen LogP contribution < -0.4 is 14.8 Å². The largest absolute Gasteiger partial charge is 0.493 e. The number of ether oxygens (including phenoxy) is 2. The molecule has 7 heteroatoms. The minimum atomic E-state index is -0.151. The molecule has 0 atom stereocenters. The molecule has 1 aromatic carbocycles. The molecule has 3 rings (SSSR count). The standard InChI is InChI=1S/C21H28N4O3/c1-4-8-15-13-16(14-17(27-2)20(15)28-3)21(26)22-11-10-19-24-23-18-9-6-5-7-12-25(18)19/h4,13-14H,1,5-12H2,2-3H3,(H,22,26). The highest BCUT2D eigenvalue weighted by Crippen LogP contribution is 2.33. The molecule has 1 N–H and O–H groups in total. The van der Waals surface area contributed by atoms with E-state index in [-0.39, 0.29) is 5.91 Å². The van der Waals surface area contributed by atoms with Crippen LogP contribution in [0.5, 0.6) is 11.5 Å². The summed E-state index contributed by atoms with van der Waals surface area (Å²) in [5.41, 5.74) is 1.40. The van der Waals surface area contributed by atoms with Crippen LogP contribution in [0, 0.1) is 0 Å². The number of hydrogen-bond donors (Lipinski definition) is 1. The molecular weight excluding hydrogens is 356 g/mol. The molecule has 0 bridgehead atoms. The number of aryl methyl sites for hydroxylation is 1. The van der Waals surface area contributed by atoms with E-state index in [1.807, 2.05) is 6.07 Å². The highest BCUT2D eigenvalue weighted by atomic mass is 16.5. The zero-order valence-corrected chi connectivity index (χ0v) is 16.7. The second-order valence-corrected chi connectivity index (χ2v) is 6.86. The SMILES string of the molecule is C=CCc1cc(C(=O)NCCc2nnc3n2CCCCC3)cc(OC)c1OC. The topological polar surface area (TPSA) is 78.3 Å². The summed E-state index contributed by atoms with van der Waals surface area (Å²) < 4.78 is 13.0. The van der Waals surface area contributed by atoms with Crippen molar-refractivity contribution in [1.29, 1.82) is 0 Å². The monoisotopic (exact) mass is 384 g/mol. The van der Waals surface area contributed by atoms with Crippen LogP contribution in [0.2, 0.25) is 0 Å². The van der Waals surface area contributed by atoms with Crippen LogP contribution in [0.15, 0.2) is 24.8 Å². The third kappa shape index (κ3) is 4.35. The first kappa shape index (κ1) is 19.9. The maximum atomic E-state index is 12.7. The number of nitrogens with one attached hydrogen (secondary N) is 1. The average Bonchev–Trinajstić information content (AvgIpc) is 2.93. The van der Waals surface area contributed by atoms with Gasteiger partial charge in [-0.15, -0.1) is 16.8 Å². The molecule has 0 fully saturated rings. The second kappa shape index (κ2) is 9.39. The van der Waals surface area contributed by atoms with Crippen molar-refractivity contribution in [2.45, 2.75) is 45.1 Å². The van der Waals surface area contributed by atoms with Gasteiger partial charge in [0.05, 0.1) is 14.2 Å². The van der Waals surface area contributed by atoms with Gasteiger partial charge in [-0.3, -0.25) is 4.79 Å². The van der Waals surface area contributed by atoms with Crippen LogP contribution in [0.3, 0.4) is 0 Å². The minimum absolute atomic E-state index is 0.151. The van der Waals surface area contributed by atoms with Crippen LogP contribution in [0.1, 0.15) is 46.8 Å². The highest BCUT2D eigenvalue weighted by Gasteiger charge is 2.17. The number of benzene rings is 1. The van der Waals surface area contributed by atoms with Crippen molar-refractivity contribution >= 4 is 5.91 Å². The van der Waals surface area contributed by atoms with E-state index >= 15 is 0 Å². The van der Waals surface area contributed by atoms with E-state index in [2.05, 4.69) is 26.7 Å². The summed E-state index contributed by atoms with van der Waals surface area (Å²) in [7, 11) is 3.15. The van der Waals surface area contributed by atoms with Crippen molar-refractivity contribution < 1.29 is 14.3 Å². The maximum Gasteiger partial charge on any atom is 0.251 e. The van der Waals surface area contributed by atoms with Crippen molar-refractivity contribution in [3.63, 3.8) is 0 Å². The summed E-state index contributed by atoms with van der Waals surface area (Å²) in [5, 5.41) is 11.6. The molecule has 0 spiro atoms. The van der Waals surface area contributed by atoms with Crippen molar-refractivity contribution in [3.05, 3.63) is 47.6 Å². The van der Waals surface area contributed by atoms with E-state index in [4.69, 9.17) is 9.47 Å². The fourth-order valence-corrected chi connectivity index (χ4v) is 3.60. The third-order valence-electron chi connectivity index (χ3n) is 5.00. The zero-order valence-electron chi connectivity index (χ0n) is 16.7. The fraction of sp³-hybridized carbons (Fsp3) is 0.476. The van der Waals surface area contributed by atoms with Gasteiger partial charge in [0.25, 0.3) is 5.91 Å². The Morgan fingerprint density at radius 3 is 2.86 bits per heavy atom. The number of methoxy groups -OCH3 is 2.